The maximum Gasteiger partial charge on any atom is 0.408 e. The molecule has 21 bridgehead atoms. The first-order valence-corrected chi connectivity index (χ1v) is 32.3. The van der Waals surface area contributed by atoms with E-state index in [9.17, 15) is 50.1 Å². The SMILES string of the molecule is CNC(=O)[C@H]1NC(=O)[C@H]2NC(=O)[C@H](NC(=O)[C@@H]3NC(=O)[C@H]4NC(=O)[C@@H](Cc5ccc(c(Cl)c5)Oc5cc3cc(c5O)Oc3ccc(cc3Cl)[C@H]2O)NC(=O)[C@H](NC(=O)OC23CC5CC(CC(C5)C2)C3)c2ccc(O)c(c2)Oc2cc(O)cc4c2)c2ccc(O)c(c2)-c2c(O)cc(O)cc21. The zero-order valence-electron chi connectivity index (χ0n) is 52.1. The Hall–Kier alpha value is -11.2. The second kappa shape index (κ2) is 25.4. The molecule has 10 aliphatic rings. The Morgan fingerprint density at radius 1 is 0.525 bits per heavy atom. The molecule has 99 heavy (non-hydrogen) atoms. The van der Waals surface area contributed by atoms with Crippen LogP contribution in [0.4, 0.5) is 4.79 Å². The number of aliphatic hydroxyl groups is 1. The third-order valence-electron chi connectivity index (χ3n) is 19.2. The van der Waals surface area contributed by atoms with E-state index in [1.807, 2.05) is 0 Å². The average molecular weight is 1390 g/mol. The first-order valence-electron chi connectivity index (χ1n) is 31.6. The molecule has 17 rings (SSSR count). The van der Waals surface area contributed by atoms with Crippen LogP contribution in [0.5, 0.6) is 69.0 Å². The summed E-state index contributed by atoms with van der Waals surface area (Å²) in [7, 11) is 1.22. The van der Waals surface area contributed by atoms with Gasteiger partial charge in [-0.05, 0) is 174 Å². The summed E-state index contributed by atoms with van der Waals surface area (Å²) in [6.07, 6.45) is 1.65. The summed E-state index contributed by atoms with van der Waals surface area (Å²) in [6.45, 7) is 0. The monoisotopic (exact) mass is 1390 g/mol. The Kier molecular flexibility index (Phi) is 16.7. The molecule has 4 aliphatic carbocycles. The summed E-state index contributed by atoms with van der Waals surface area (Å²) < 4.78 is 25.1. The van der Waals surface area contributed by atoms with Gasteiger partial charge in [-0.3, -0.25) is 33.6 Å². The number of nitrogens with one attached hydrogen (secondary N) is 8. The van der Waals surface area contributed by atoms with Crippen LogP contribution in [-0.2, 0) is 44.7 Å². The molecule has 6 aliphatic heterocycles. The van der Waals surface area contributed by atoms with E-state index in [1.54, 1.807) is 0 Å². The number of carbonyl (C=O) groups is 8. The van der Waals surface area contributed by atoms with Crippen molar-refractivity contribution in [3.8, 4) is 80.1 Å². The summed E-state index contributed by atoms with van der Waals surface area (Å²) in [4.78, 5) is 121. The van der Waals surface area contributed by atoms with Crippen LogP contribution >= 0.6 is 23.2 Å². The number of likely N-dealkylation sites (N-methyl/N-ethyl adjacent to an activating group) is 1. The molecule has 4 fully saturated rings. The van der Waals surface area contributed by atoms with Gasteiger partial charge in [-0.2, -0.15) is 0 Å². The van der Waals surface area contributed by atoms with E-state index in [-0.39, 0.29) is 83.1 Å². The number of aromatic hydroxyl groups is 6. The van der Waals surface area contributed by atoms with Crippen molar-refractivity contribution in [2.75, 3.05) is 7.05 Å². The molecule has 15 N–H and O–H groups in total. The molecule has 4 saturated carbocycles. The summed E-state index contributed by atoms with van der Waals surface area (Å²) in [5.41, 5.74) is -2.42. The second-order valence-corrected chi connectivity index (χ2v) is 26.8. The Balaban J connectivity index is 0.922. The Morgan fingerprint density at radius 3 is 1.76 bits per heavy atom. The summed E-state index contributed by atoms with van der Waals surface area (Å²) in [5.74, 6) is -12.8. The summed E-state index contributed by atoms with van der Waals surface area (Å²) in [5, 5.41) is 102. The predicted molar refractivity (Wildman–Crippen MR) is 348 cm³/mol. The fraction of sp³-hybridized carbons (Fsp3) is 0.286. The van der Waals surface area contributed by atoms with Gasteiger partial charge in [0.15, 0.2) is 23.0 Å². The number of hydrogen-bond donors (Lipinski definition) is 15. The van der Waals surface area contributed by atoms with Crippen molar-refractivity contribution in [2.45, 2.75) is 98.9 Å². The van der Waals surface area contributed by atoms with E-state index < -0.39 is 154 Å². The fourth-order valence-electron chi connectivity index (χ4n) is 15.0. The predicted octanol–water partition coefficient (Wildman–Crippen LogP) is 7.38. The third kappa shape index (κ3) is 12.6. The van der Waals surface area contributed by atoms with Gasteiger partial charge < -0.3 is 97.2 Å². The molecule has 0 unspecified atom stereocenters. The highest BCUT2D eigenvalue weighted by atomic mass is 35.5. The van der Waals surface area contributed by atoms with Crippen LogP contribution in [0.25, 0.3) is 11.1 Å². The van der Waals surface area contributed by atoms with Gasteiger partial charge in [0.1, 0.15) is 94.2 Å². The zero-order valence-corrected chi connectivity index (χ0v) is 53.6. The van der Waals surface area contributed by atoms with Gasteiger partial charge in [0.2, 0.25) is 47.1 Å². The minimum absolute atomic E-state index is 0.0496. The van der Waals surface area contributed by atoms with E-state index in [1.165, 1.54) is 67.7 Å². The molecule has 8 atom stereocenters. The van der Waals surface area contributed by atoms with Gasteiger partial charge in [0.25, 0.3) is 0 Å². The van der Waals surface area contributed by atoms with Crippen LogP contribution in [0, 0.1) is 17.8 Å². The van der Waals surface area contributed by atoms with Crippen molar-refractivity contribution in [1.82, 2.24) is 42.5 Å². The molecule has 7 aromatic carbocycles. The van der Waals surface area contributed by atoms with Gasteiger partial charge in [0.05, 0.1) is 10.0 Å². The molecule has 8 amide bonds. The van der Waals surface area contributed by atoms with Crippen LogP contribution in [0.1, 0.15) is 114 Å². The maximum atomic E-state index is 16.0. The zero-order chi connectivity index (χ0) is 69.6. The molecular formula is C70H62Cl2N8O19. The molecule has 510 valence electrons. The number of hydrogen-bond acceptors (Lipinski definition) is 19. The molecule has 0 saturated heterocycles. The smallest absolute Gasteiger partial charge is 0.408 e. The molecule has 29 heteroatoms. The van der Waals surface area contributed by atoms with Crippen LogP contribution in [0.3, 0.4) is 0 Å². The molecule has 7 aromatic rings. The first kappa shape index (κ1) is 65.1. The lowest BCUT2D eigenvalue weighted by Gasteiger charge is -2.55. The van der Waals surface area contributed by atoms with E-state index in [4.69, 9.17) is 42.1 Å². The average Bonchev–Trinajstić information content (AvgIpc) is 0.758. The van der Waals surface area contributed by atoms with E-state index in [0.29, 0.717) is 37.0 Å². The number of alkyl carbamates (subject to hydrolysis) is 1. The summed E-state index contributed by atoms with van der Waals surface area (Å²) >= 11 is 13.9. The minimum atomic E-state index is -2.19. The van der Waals surface area contributed by atoms with E-state index in [0.717, 1.165) is 73.9 Å². The minimum Gasteiger partial charge on any atom is -0.508 e. The van der Waals surface area contributed by atoms with Crippen LogP contribution in [0.2, 0.25) is 10.0 Å². The number of halogens is 2. The summed E-state index contributed by atoms with van der Waals surface area (Å²) in [6, 6.07) is 8.84. The number of phenols is 6. The number of carbonyl (C=O) groups excluding carboxylic acids is 8. The number of rotatable bonds is 3. The number of fused-ring (bicyclic) bond motifs is 14. The Morgan fingerprint density at radius 2 is 1.10 bits per heavy atom. The lowest BCUT2D eigenvalue weighted by molar-refractivity contribution is -0.137. The highest BCUT2D eigenvalue weighted by molar-refractivity contribution is 6.32. The van der Waals surface area contributed by atoms with Gasteiger partial charge in [-0.25, -0.2) is 4.79 Å². The largest absolute Gasteiger partial charge is 0.508 e. The fourth-order valence-corrected chi connectivity index (χ4v) is 15.5. The van der Waals surface area contributed by atoms with Gasteiger partial charge >= 0.3 is 6.09 Å². The Labute approximate surface area is 571 Å². The van der Waals surface area contributed by atoms with Crippen LogP contribution < -0.4 is 56.7 Å². The molecule has 0 spiro atoms. The molecule has 0 radical (unpaired) electrons. The van der Waals surface area contributed by atoms with E-state index in [2.05, 4.69) is 42.5 Å². The van der Waals surface area contributed by atoms with Crippen molar-refractivity contribution in [3.05, 3.63) is 164 Å². The van der Waals surface area contributed by atoms with Gasteiger partial charge in [0, 0.05) is 36.7 Å². The molecule has 6 heterocycles. The quantitative estimate of drug-likeness (QED) is 0.0820. The number of benzene rings is 7. The van der Waals surface area contributed by atoms with Crippen molar-refractivity contribution >= 4 is 70.6 Å². The normalized spacial score (nSPS) is 26.0. The standard InChI is InChI=1S/C70H62Cl2N8O19/c1-73-63(89)58-41-23-38(82)24-47(85)53(41)40-17-32(3-6-45(40)83)54-65(91)79-59(68(94)78-58)60(86)34-5-9-49(43(72)18-34)98-52-21-36-20-51(61(52)87)97-48-8-2-28(13-42(48)71)14-44-62(88)75-56(66(92)77-57(36)67(93)76-54)35-15-37(81)22-39(16-35)96-50-19-33(4-7-46(50)84)55(64(90)74-44)80-69(95)99-70-25-29-10-30(26-70)12-31(11-29)27-70/h2-9,13,15-24,29-31,44,54-60,81-87H,10-12,14,25-27H2,1H3,(H,73,89)(H,74,90)(H,75,88)(H,76,93)(H,77,92)(H,78,94)(H,79,91)(H,80,95)/t29?,30?,31?,44-,54-,55-,56+,57-,58+,59+,60-,70?/m1/s1. The third-order valence-corrected chi connectivity index (χ3v) is 19.8. The van der Waals surface area contributed by atoms with Crippen LogP contribution in [-0.4, -0.2) is 108 Å². The van der Waals surface area contributed by atoms with Crippen molar-refractivity contribution in [3.63, 3.8) is 0 Å². The van der Waals surface area contributed by atoms with E-state index >= 15 is 24.0 Å². The molecular weight excluding hydrogens is 1330 g/mol. The number of ether oxygens (including phenoxy) is 4. The topological polar surface area (TPSA) is 411 Å². The number of aliphatic hydroxyl groups excluding tert-OH is 1. The van der Waals surface area contributed by atoms with Crippen molar-refractivity contribution in [2.24, 2.45) is 17.8 Å². The highest BCUT2D eigenvalue weighted by Gasteiger charge is 2.54. The molecule has 27 nitrogen and oxygen atoms in total. The van der Waals surface area contributed by atoms with Gasteiger partial charge in [-0.15, -0.1) is 0 Å². The van der Waals surface area contributed by atoms with Crippen molar-refractivity contribution < 1.29 is 93.0 Å². The van der Waals surface area contributed by atoms with Crippen molar-refractivity contribution in [1.29, 1.82) is 0 Å². The highest BCUT2D eigenvalue weighted by Crippen LogP contribution is 2.57. The molecule has 0 aromatic heterocycles. The lowest BCUT2D eigenvalue weighted by Crippen LogP contribution is -2.56. The number of amides is 8. The second-order valence-electron chi connectivity index (χ2n) is 26.0. The van der Waals surface area contributed by atoms with Crippen LogP contribution in [0.15, 0.2) is 115 Å². The lowest BCUT2D eigenvalue weighted by atomic mass is 9.54. The maximum absolute atomic E-state index is 16.0. The van der Waals surface area contributed by atoms with Gasteiger partial charge in [-0.1, -0.05) is 47.5 Å². The number of phenolic OH excluding ortho intramolecular Hbond substituents is 6. The Bertz CT molecular complexity index is 4570. The first-order chi connectivity index (χ1) is 47.3.